The first kappa shape index (κ1) is 46.2. The molecule has 5 fully saturated rings. The fourth-order valence-electron chi connectivity index (χ4n) is 11.4. The third-order valence-corrected chi connectivity index (χ3v) is 16.0. The molecule has 10 rings (SSSR count). The molecule has 1 spiro atoms. The zero-order valence-corrected chi connectivity index (χ0v) is 40.9. The first-order valence-electron chi connectivity index (χ1n) is 23.9. The van der Waals surface area contributed by atoms with Gasteiger partial charge in [0, 0.05) is 104 Å². The van der Waals surface area contributed by atoms with E-state index in [9.17, 15) is 9.59 Å². The molecule has 5 saturated heterocycles. The number of aromatic nitrogens is 3. The molecule has 1 aromatic carbocycles. The number of cyclic esters (lactones) is 1. The summed E-state index contributed by atoms with van der Waals surface area (Å²) in [6, 6.07) is 9.30. The van der Waals surface area contributed by atoms with E-state index >= 15 is 9.59 Å². The normalized spacial score (nSPS) is 25.5. The number of likely N-dealkylation sites (tertiary alicyclic amines) is 1. The van der Waals surface area contributed by atoms with Gasteiger partial charge in [-0.1, -0.05) is 33.8 Å². The summed E-state index contributed by atoms with van der Waals surface area (Å²) in [5, 5.41) is 5.40. The number of likely N-dealkylation sites (N-methyl/N-ethyl adjacent to an activating group) is 2. The van der Waals surface area contributed by atoms with Crippen LogP contribution in [0.1, 0.15) is 96.0 Å². The number of methoxy groups -OCH3 is 1. The fourth-order valence-corrected chi connectivity index (χ4v) is 12.3. The van der Waals surface area contributed by atoms with E-state index in [0.29, 0.717) is 57.9 Å². The number of amides is 4. The number of hydrogen-bond acceptors (Lipinski definition) is 11. The molecule has 4 aromatic rings. The van der Waals surface area contributed by atoms with Crippen LogP contribution in [0.25, 0.3) is 33.4 Å². The summed E-state index contributed by atoms with van der Waals surface area (Å²) in [5.41, 5.74) is 8.33. The maximum atomic E-state index is 15.2. The number of piperidine rings is 2. The highest BCUT2D eigenvalue weighted by atomic mass is 32.1. The van der Waals surface area contributed by atoms with Gasteiger partial charge in [0.15, 0.2) is 0 Å². The first-order chi connectivity index (χ1) is 31.5. The Morgan fingerprint density at radius 3 is 2.53 bits per heavy atom. The van der Waals surface area contributed by atoms with E-state index in [4.69, 9.17) is 19.4 Å². The lowest BCUT2D eigenvalue weighted by Gasteiger charge is -2.55. The van der Waals surface area contributed by atoms with Gasteiger partial charge in [-0.2, -0.15) is 0 Å². The van der Waals surface area contributed by atoms with Gasteiger partial charge in [-0.25, -0.2) is 15.2 Å². The number of pyridine rings is 1. The van der Waals surface area contributed by atoms with Crippen LogP contribution in [-0.4, -0.2) is 147 Å². The Hall–Kier alpha value is -4.90. The minimum Gasteiger partial charge on any atom is -0.464 e. The van der Waals surface area contributed by atoms with Gasteiger partial charge < -0.3 is 28.7 Å². The summed E-state index contributed by atoms with van der Waals surface area (Å²) >= 11 is 1.49. The molecule has 3 aromatic heterocycles. The molecule has 0 aliphatic carbocycles. The number of esters is 1. The van der Waals surface area contributed by atoms with Crippen molar-refractivity contribution in [1.82, 2.24) is 44.6 Å². The van der Waals surface area contributed by atoms with Crippen LogP contribution in [0.4, 0.5) is 4.79 Å². The molecule has 0 saturated carbocycles. The SMILES string of the molecule is CCn1c(-c2cccnc2[C@H](C)OC)c2c3cc(ccc31)-c1csc(n1)C[C@@]1(CCN1C(=O)[C@H](C(C)C)N(C)C(=O)N1CC3CCC1CN3C)C(=O)N1CCC[C@H](N1)C(=O)OCC(C)(C)C2. The number of aryl methyl sites for hydroxylation is 1. The number of hydrogen-bond donors (Lipinski definition) is 1. The fraction of sp³-hybridized carbons (Fsp3) is 0.600. The van der Waals surface area contributed by atoms with Crippen LogP contribution < -0.4 is 5.43 Å². The standard InChI is InChI=1S/C50H67N9O6S/c1-10-56-40-18-15-32-23-36(40)37(44(56)35-13-11-20-51-42(35)31(4)64-9)24-49(5,6)29-65-46(61)38-14-12-21-59(53-38)47(62)50(25-41-52-39(32)28-66-41)19-22-58(50)45(60)43(30(2)3)55(8)48(63)57-27-33-16-17-34(57)26-54(33)7/h11,13,15,18,20,23,28,30-31,33-34,38,43,53H,10,12,14,16-17,19,21-22,24-27,29H2,1-9H3/t31-,33?,34?,38-,43-,50-/m0/s1. The Kier molecular flexibility index (Phi) is 12.6. The number of carbonyl (C=O) groups excluding carboxylic acids is 4. The van der Waals surface area contributed by atoms with Crippen molar-refractivity contribution >= 4 is 46.1 Å². The van der Waals surface area contributed by atoms with Gasteiger partial charge in [-0.3, -0.25) is 29.3 Å². The highest BCUT2D eigenvalue weighted by Crippen LogP contribution is 2.44. The van der Waals surface area contributed by atoms with Crippen molar-refractivity contribution in [1.29, 1.82) is 0 Å². The summed E-state index contributed by atoms with van der Waals surface area (Å²) in [7, 11) is 5.56. The summed E-state index contributed by atoms with van der Waals surface area (Å²) in [5.74, 6) is -1.16. The second kappa shape index (κ2) is 18.0. The maximum Gasteiger partial charge on any atom is 0.324 e. The minimum atomic E-state index is -1.28. The van der Waals surface area contributed by atoms with Crippen LogP contribution in [0.5, 0.6) is 0 Å². The topological polar surface area (TPSA) is 146 Å². The maximum absolute atomic E-state index is 15.2. The molecule has 6 atom stereocenters. The summed E-state index contributed by atoms with van der Waals surface area (Å²) in [4.78, 5) is 76.5. The highest BCUT2D eigenvalue weighted by molar-refractivity contribution is 7.10. The van der Waals surface area contributed by atoms with E-state index in [-0.39, 0.29) is 48.9 Å². The zero-order valence-electron chi connectivity index (χ0n) is 40.1. The summed E-state index contributed by atoms with van der Waals surface area (Å²) in [6.45, 7) is 15.4. The molecule has 1 N–H and O–H groups in total. The van der Waals surface area contributed by atoms with Gasteiger partial charge in [0.2, 0.25) is 5.91 Å². The molecule has 6 aliphatic heterocycles. The van der Waals surface area contributed by atoms with E-state index < -0.39 is 29.0 Å². The number of rotatable bonds is 7. The number of nitrogens with one attached hydrogen (secondary N) is 1. The smallest absolute Gasteiger partial charge is 0.324 e. The second-order valence-electron chi connectivity index (χ2n) is 20.5. The molecule has 8 bridgehead atoms. The quantitative estimate of drug-likeness (QED) is 0.203. The van der Waals surface area contributed by atoms with Crippen LogP contribution in [0.3, 0.4) is 0 Å². The third kappa shape index (κ3) is 8.08. The van der Waals surface area contributed by atoms with Crippen molar-refractivity contribution in [3.05, 3.63) is 58.2 Å². The molecule has 0 radical (unpaired) electrons. The average Bonchev–Trinajstić information content (AvgIpc) is 3.90. The largest absolute Gasteiger partial charge is 0.464 e. The first-order valence-corrected chi connectivity index (χ1v) is 24.8. The van der Waals surface area contributed by atoms with Gasteiger partial charge >= 0.3 is 12.0 Å². The van der Waals surface area contributed by atoms with Crippen molar-refractivity contribution in [2.24, 2.45) is 11.3 Å². The Morgan fingerprint density at radius 2 is 1.85 bits per heavy atom. The van der Waals surface area contributed by atoms with E-state index in [1.165, 1.54) is 11.3 Å². The number of carbonyl (C=O) groups is 4. The van der Waals surface area contributed by atoms with E-state index in [2.05, 4.69) is 67.0 Å². The van der Waals surface area contributed by atoms with E-state index in [1.54, 1.807) is 35.2 Å². The zero-order chi connectivity index (χ0) is 46.8. The van der Waals surface area contributed by atoms with Gasteiger partial charge in [0.05, 0.1) is 34.8 Å². The summed E-state index contributed by atoms with van der Waals surface area (Å²) in [6.07, 6.45) is 5.87. The molecular weight excluding hydrogens is 855 g/mol. The Bertz CT molecular complexity index is 2520. The monoisotopic (exact) mass is 921 g/mol. The molecule has 15 nitrogen and oxygen atoms in total. The van der Waals surface area contributed by atoms with Crippen LogP contribution >= 0.6 is 11.3 Å². The predicted octanol–water partition coefficient (Wildman–Crippen LogP) is 6.54. The van der Waals surface area contributed by atoms with Crippen LogP contribution in [-0.2, 0) is 43.2 Å². The Labute approximate surface area is 392 Å². The van der Waals surface area contributed by atoms with Gasteiger partial charge in [0.1, 0.15) is 17.6 Å². The van der Waals surface area contributed by atoms with Gasteiger partial charge in [-0.05, 0) is 95.2 Å². The number of hydrazine groups is 1. The predicted molar refractivity (Wildman–Crippen MR) is 254 cm³/mol. The Balaban J connectivity index is 1.12. The molecule has 66 heavy (non-hydrogen) atoms. The molecule has 4 amide bonds. The molecule has 16 heteroatoms. The van der Waals surface area contributed by atoms with Crippen molar-refractivity contribution in [3.8, 4) is 22.5 Å². The van der Waals surface area contributed by atoms with E-state index in [1.807, 2.05) is 37.1 Å². The number of piperazine rings is 1. The molecule has 354 valence electrons. The average molecular weight is 922 g/mol. The van der Waals surface area contributed by atoms with Crippen molar-refractivity contribution in [2.45, 2.75) is 129 Å². The molecular formula is C50H67N9O6S. The number of ether oxygens (including phenoxy) is 2. The number of nitrogens with zero attached hydrogens (tertiary/aromatic N) is 8. The van der Waals surface area contributed by atoms with Gasteiger partial charge in [0.25, 0.3) is 5.91 Å². The number of fused-ring (bicyclic) bond motifs is 9. The number of benzene rings is 1. The van der Waals surface area contributed by atoms with E-state index in [0.717, 1.165) is 69.1 Å². The molecule has 6 aliphatic rings. The molecule has 9 heterocycles. The van der Waals surface area contributed by atoms with Crippen molar-refractivity contribution in [3.63, 3.8) is 0 Å². The summed E-state index contributed by atoms with van der Waals surface area (Å²) < 4.78 is 14.4. The number of thiazole rings is 1. The lowest BCUT2D eigenvalue weighted by Crippen LogP contribution is -2.75. The van der Waals surface area contributed by atoms with Gasteiger partial charge in [-0.15, -0.1) is 11.3 Å². The number of urea groups is 1. The lowest BCUT2D eigenvalue weighted by molar-refractivity contribution is -0.174. The van der Waals surface area contributed by atoms with Crippen LogP contribution in [0.15, 0.2) is 41.9 Å². The van der Waals surface area contributed by atoms with Crippen molar-refractivity contribution in [2.75, 3.05) is 54.0 Å². The Morgan fingerprint density at radius 1 is 1.06 bits per heavy atom. The second-order valence-corrected chi connectivity index (χ2v) is 21.4. The van der Waals surface area contributed by atoms with Crippen LogP contribution in [0.2, 0.25) is 0 Å². The lowest BCUT2D eigenvalue weighted by atomic mass is 9.78. The third-order valence-electron chi connectivity index (χ3n) is 15.2. The molecule has 2 unspecified atom stereocenters. The van der Waals surface area contributed by atoms with Crippen LogP contribution in [0, 0.1) is 11.3 Å². The minimum absolute atomic E-state index is 0.103. The highest BCUT2D eigenvalue weighted by Gasteiger charge is 2.58. The van der Waals surface area contributed by atoms with Crippen molar-refractivity contribution < 1.29 is 28.7 Å².